The standard InChI is InChI=1S/C22H26F2N2O4S/c1-15(2)20(26-21(27)19-17(23)10-6-11-18(19)24)22(28)25-12-7-13-31(29,30)14-16-8-4-3-5-9-16/h3-6,8-11,15,20H,7,12-14H2,1-2H3,(H,25,28)(H,26,27)/t20-/m0/s1. The third kappa shape index (κ3) is 7.43. The molecule has 2 aromatic rings. The Labute approximate surface area is 181 Å². The first-order valence-electron chi connectivity index (χ1n) is 9.87. The van der Waals surface area contributed by atoms with E-state index in [9.17, 15) is 26.8 Å². The largest absolute Gasteiger partial charge is 0.354 e. The maximum absolute atomic E-state index is 13.8. The normalized spacial score (nSPS) is 12.4. The van der Waals surface area contributed by atoms with Gasteiger partial charge in [-0.3, -0.25) is 9.59 Å². The molecule has 0 aliphatic rings. The minimum absolute atomic E-state index is 0.0827. The van der Waals surface area contributed by atoms with Gasteiger partial charge in [0.05, 0.1) is 11.5 Å². The lowest BCUT2D eigenvalue weighted by atomic mass is 10.0. The molecule has 168 valence electrons. The summed E-state index contributed by atoms with van der Waals surface area (Å²) in [6.07, 6.45) is 0.196. The zero-order valence-corrected chi connectivity index (χ0v) is 18.2. The van der Waals surface area contributed by atoms with Crippen LogP contribution in [0.2, 0.25) is 0 Å². The quantitative estimate of drug-likeness (QED) is 0.542. The highest BCUT2D eigenvalue weighted by Gasteiger charge is 2.27. The van der Waals surface area contributed by atoms with Crippen LogP contribution in [0, 0.1) is 17.6 Å². The molecule has 0 radical (unpaired) electrons. The van der Waals surface area contributed by atoms with E-state index in [1.165, 1.54) is 0 Å². The number of carbonyl (C=O) groups is 2. The van der Waals surface area contributed by atoms with Crippen molar-refractivity contribution in [1.82, 2.24) is 10.6 Å². The fourth-order valence-electron chi connectivity index (χ4n) is 2.98. The summed E-state index contributed by atoms with van der Waals surface area (Å²) in [6.45, 7) is 3.43. The first-order valence-corrected chi connectivity index (χ1v) is 11.7. The monoisotopic (exact) mass is 452 g/mol. The van der Waals surface area contributed by atoms with Gasteiger partial charge in [-0.1, -0.05) is 50.2 Å². The third-order valence-corrected chi connectivity index (χ3v) is 6.27. The number of nitrogens with one attached hydrogen (secondary N) is 2. The summed E-state index contributed by atoms with van der Waals surface area (Å²) in [4.78, 5) is 24.8. The van der Waals surface area contributed by atoms with Crippen LogP contribution in [0.25, 0.3) is 0 Å². The van der Waals surface area contributed by atoms with Gasteiger partial charge in [-0.25, -0.2) is 17.2 Å². The lowest BCUT2D eigenvalue weighted by Gasteiger charge is -2.22. The van der Waals surface area contributed by atoms with Crippen molar-refractivity contribution in [1.29, 1.82) is 0 Å². The summed E-state index contributed by atoms with van der Waals surface area (Å²) >= 11 is 0. The Kier molecular flexibility index (Phi) is 8.67. The zero-order valence-electron chi connectivity index (χ0n) is 17.4. The molecule has 0 aliphatic carbocycles. The molecule has 9 heteroatoms. The lowest BCUT2D eigenvalue weighted by molar-refractivity contribution is -0.123. The minimum Gasteiger partial charge on any atom is -0.354 e. The van der Waals surface area contributed by atoms with E-state index in [-0.39, 0.29) is 30.4 Å². The second-order valence-electron chi connectivity index (χ2n) is 7.51. The van der Waals surface area contributed by atoms with E-state index < -0.39 is 44.9 Å². The Balaban J connectivity index is 1.89. The maximum Gasteiger partial charge on any atom is 0.257 e. The second kappa shape index (κ2) is 11.0. The van der Waals surface area contributed by atoms with Crippen molar-refractivity contribution >= 4 is 21.7 Å². The van der Waals surface area contributed by atoms with E-state index in [1.54, 1.807) is 44.2 Å². The zero-order chi connectivity index (χ0) is 23.0. The van der Waals surface area contributed by atoms with Gasteiger partial charge < -0.3 is 10.6 Å². The van der Waals surface area contributed by atoms with Gasteiger partial charge in [-0.05, 0) is 30.0 Å². The SMILES string of the molecule is CC(C)[C@H](NC(=O)c1c(F)cccc1F)C(=O)NCCCS(=O)(=O)Cc1ccccc1. The van der Waals surface area contributed by atoms with Crippen molar-refractivity contribution in [2.75, 3.05) is 12.3 Å². The van der Waals surface area contributed by atoms with E-state index in [4.69, 9.17) is 0 Å². The molecule has 0 saturated carbocycles. The van der Waals surface area contributed by atoms with Crippen molar-refractivity contribution in [3.05, 3.63) is 71.3 Å². The number of amides is 2. The molecular formula is C22H26F2N2O4S. The molecule has 0 saturated heterocycles. The van der Waals surface area contributed by atoms with Gasteiger partial charge in [0.2, 0.25) is 5.91 Å². The molecule has 2 amide bonds. The van der Waals surface area contributed by atoms with Crippen molar-refractivity contribution < 1.29 is 26.8 Å². The predicted octanol–water partition coefficient (Wildman–Crippen LogP) is 2.84. The first kappa shape index (κ1) is 24.5. The highest BCUT2D eigenvalue weighted by atomic mass is 32.2. The van der Waals surface area contributed by atoms with E-state index in [2.05, 4.69) is 10.6 Å². The first-order chi connectivity index (χ1) is 14.6. The summed E-state index contributed by atoms with van der Waals surface area (Å²) in [5, 5.41) is 4.94. The molecule has 0 bridgehead atoms. The Morgan fingerprint density at radius 3 is 2.16 bits per heavy atom. The molecular weight excluding hydrogens is 426 g/mol. The average molecular weight is 453 g/mol. The van der Waals surface area contributed by atoms with Crippen LogP contribution >= 0.6 is 0 Å². The molecule has 2 rings (SSSR count). The molecule has 0 heterocycles. The van der Waals surface area contributed by atoms with Crippen LogP contribution in [0.15, 0.2) is 48.5 Å². The highest BCUT2D eigenvalue weighted by Crippen LogP contribution is 2.13. The van der Waals surface area contributed by atoms with Gasteiger partial charge in [0, 0.05) is 6.54 Å². The summed E-state index contributed by atoms with van der Waals surface area (Å²) in [5.74, 6) is -4.19. The van der Waals surface area contributed by atoms with Crippen LogP contribution in [-0.4, -0.2) is 38.6 Å². The van der Waals surface area contributed by atoms with Crippen molar-refractivity contribution in [3.8, 4) is 0 Å². The highest BCUT2D eigenvalue weighted by molar-refractivity contribution is 7.90. The van der Waals surface area contributed by atoms with Gasteiger partial charge in [0.1, 0.15) is 23.2 Å². The topological polar surface area (TPSA) is 92.3 Å². The summed E-state index contributed by atoms with van der Waals surface area (Å²) in [6, 6.07) is 10.8. The predicted molar refractivity (Wildman–Crippen MR) is 114 cm³/mol. The number of sulfone groups is 1. The second-order valence-corrected chi connectivity index (χ2v) is 9.70. The molecule has 0 fully saturated rings. The maximum atomic E-state index is 13.8. The number of rotatable bonds is 10. The van der Waals surface area contributed by atoms with Gasteiger partial charge >= 0.3 is 0 Å². The van der Waals surface area contributed by atoms with Gasteiger partial charge in [-0.15, -0.1) is 0 Å². The summed E-state index contributed by atoms with van der Waals surface area (Å²) in [5.41, 5.74) is -0.0672. The van der Waals surface area contributed by atoms with Crippen LogP contribution in [0.1, 0.15) is 36.2 Å². The third-order valence-electron chi connectivity index (χ3n) is 4.59. The van der Waals surface area contributed by atoms with Crippen LogP contribution in [0.4, 0.5) is 8.78 Å². The van der Waals surface area contributed by atoms with Crippen LogP contribution < -0.4 is 10.6 Å². The molecule has 0 aliphatic heterocycles. The Bertz CT molecular complexity index is 991. The Morgan fingerprint density at radius 2 is 1.58 bits per heavy atom. The smallest absolute Gasteiger partial charge is 0.257 e. The minimum atomic E-state index is -3.34. The number of hydrogen-bond acceptors (Lipinski definition) is 4. The molecule has 1 atom stereocenters. The number of halogens is 2. The van der Waals surface area contributed by atoms with E-state index in [0.29, 0.717) is 5.56 Å². The fraction of sp³-hybridized carbons (Fsp3) is 0.364. The molecule has 0 unspecified atom stereocenters. The van der Waals surface area contributed by atoms with Crippen molar-refractivity contribution in [3.63, 3.8) is 0 Å². The fourth-order valence-corrected chi connectivity index (χ4v) is 4.41. The van der Waals surface area contributed by atoms with E-state index >= 15 is 0 Å². The Morgan fingerprint density at radius 1 is 0.968 bits per heavy atom. The summed E-state index contributed by atoms with van der Waals surface area (Å²) < 4.78 is 52.0. The van der Waals surface area contributed by atoms with Gasteiger partial charge in [0.25, 0.3) is 5.91 Å². The van der Waals surface area contributed by atoms with E-state index in [0.717, 1.165) is 18.2 Å². The molecule has 2 N–H and O–H groups in total. The van der Waals surface area contributed by atoms with Crippen molar-refractivity contribution in [2.24, 2.45) is 5.92 Å². The molecule has 0 spiro atoms. The van der Waals surface area contributed by atoms with Crippen molar-refractivity contribution in [2.45, 2.75) is 32.1 Å². The van der Waals surface area contributed by atoms with Crippen LogP contribution in [-0.2, 0) is 20.4 Å². The van der Waals surface area contributed by atoms with E-state index in [1.807, 2.05) is 0 Å². The number of benzene rings is 2. The molecule has 0 aromatic heterocycles. The lowest BCUT2D eigenvalue weighted by Crippen LogP contribution is -2.50. The van der Waals surface area contributed by atoms with Crippen LogP contribution in [0.5, 0.6) is 0 Å². The number of hydrogen-bond donors (Lipinski definition) is 2. The van der Waals surface area contributed by atoms with Gasteiger partial charge in [-0.2, -0.15) is 0 Å². The van der Waals surface area contributed by atoms with Gasteiger partial charge in [0.15, 0.2) is 9.84 Å². The Hall–Kier alpha value is -2.81. The molecule has 31 heavy (non-hydrogen) atoms. The average Bonchev–Trinajstić information content (AvgIpc) is 2.69. The van der Waals surface area contributed by atoms with Crippen LogP contribution in [0.3, 0.4) is 0 Å². The number of carbonyl (C=O) groups excluding carboxylic acids is 2. The molecule has 2 aromatic carbocycles. The summed E-state index contributed by atoms with van der Waals surface area (Å²) in [7, 11) is -3.34. The molecule has 6 nitrogen and oxygen atoms in total.